The van der Waals surface area contributed by atoms with Gasteiger partial charge in [0.15, 0.2) is 5.96 Å². The number of halogens is 1. The number of fused-ring (bicyclic) bond motifs is 1. The third-order valence-electron chi connectivity index (χ3n) is 5.91. The van der Waals surface area contributed by atoms with E-state index in [1.807, 2.05) is 23.3 Å². The van der Waals surface area contributed by atoms with Crippen molar-refractivity contribution in [3.8, 4) is 0 Å². The molecule has 1 N–H and O–H groups in total. The van der Waals surface area contributed by atoms with Gasteiger partial charge >= 0.3 is 0 Å². The molecule has 0 saturated carbocycles. The van der Waals surface area contributed by atoms with Gasteiger partial charge in [-0.2, -0.15) is 0 Å². The van der Waals surface area contributed by atoms with Crippen LogP contribution in [0.1, 0.15) is 23.3 Å². The van der Waals surface area contributed by atoms with Crippen molar-refractivity contribution < 1.29 is 9.53 Å². The highest BCUT2D eigenvalue weighted by molar-refractivity contribution is 14.0. The van der Waals surface area contributed by atoms with Crippen LogP contribution in [0.15, 0.2) is 16.4 Å². The molecule has 1 aromatic heterocycles. The minimum Gasteiger partial charge on any atom is -0.368 e. The van der Waals surface area contributed by atoms with Crippen LogP contribution in [0.4, 0.5) is 0 Å². The first-order valence-corrected chi connectivity index (χ1v) is 11.3. The SMILES string of the molecule is CN=C(NCCN1CCc2sccc2C1)N1CCN(C(=O)C2CCCO2)CC1.I. The molecule has 1 unspecified atom stereocenters. The van der Waals surface area contributed by atoms with Crippen molar-refractivity contribution in [1.29, 1.82) is 0 Å². The van der Waals surface area contributed by atoms with E-state index in [1.54, 1.807) is 4.88 Å². The number of nitrogens with zero attached hydrogens (tertiary/aromatic N) is 4. The Morgan fingerprint density at radius 1 is 1.28 bits per heavy atom. The minimum atomic E-state index is -0.211. The molecule has 4 heterocycles. The minimum absolute atomic E-state index is 0. The first-order valence-electron chi connectivity index (χ1n) is 10.4. The molecule has 0 aliphatic carbocycles. The summed E-state index contributed by atoms with van der Waals surface area (Å²) in [7, 11) is 1.84. The van der Waals surface area contributed by atoms with Gasteiger partial charge < -0.3 is 19.9 Å². The zero-order chi connectivity index (χ0) is 19.3. The second-order valence-electron chi connectivity index (χ2n) is 7.68. The maximum Gasteiger partial charge on any atom is 0.251 e. The summed E-state index contributed by atoms with van der Waals surface area (Å²) in [5.74, 6) is 1.11. The maximum absolute atomic E-state index is 12.5. The summed E-state index contributed by atoms with van der Waals surface area (Å²) in [6, 6.07) is 2.26. The second kappa shape index (κ2) is 10.9. The van der Waals surface area contributed by atoms with E-state index in [-0.39, 0.29) is 36.0 Å². The standard InChI is InChI=1S/C20H31N5O2S.HI/c1-21-20(22-6-8-23-7-4-18-16(15-23)5-14-28-18)25-11-9-24(10-12-25)19(26)17-3-2-13-27-17;/h5,14,17H,2-4,6-13,15H2,1H3,(H,21,22);1H. The normalized spacial score (nSPS) is 22.9. The van der Waals surface area contributed by atoms with E-state index in [4.69, 9.17) is 4.74 Å². The first-order chi connectivity index (χ1) is 13.7. The maximum atomic E-state index is 12.5. The topological polar surface area (TPSA) is 60.4 Å². The van der Waals surface area contributed by atoms with E-state index < -0.39 is 0 Å². The predicted octanol–water partition coefficient (Wildman–Crippen LogP) is 1.62. The highest BCUT2D eigenvalue weighted by atomic mass is 127. The largest absolute Gasteiger partial charge is 0.368 e. The summed E-state index contributed by atoms with van der Waals surface area (Å²) < 4.78 is 5.55. The average molecular weight is 533 g/mol. The van der Waals surface area contributed by atoms with Gasteiger partial charge in [-0.15, -0.1) is 35.3 Å². The number of amides is 1. The fourth-order valence-corrected chi connectivity index (χ4v) is 5.16. The van der Waals surface area contributed by atoms with E-state index in [0.717, 1.165) is 77.8 Å². The third kappa shape index (κ3) is 5.62. The first kappa shape index (κ1) is 22.8. The fraction of sp³-hybridized carbons (Fsp3) is 0.700. The van der Waals surface area contributed by atoms with Gasteiger partial charge in [0.25, 0.3) is 5.91 Å². The van der Waals surface area contributed by atoms with Gasteiger partial charge in [-0.05, 0) is 36.3 Å². The second-order valence-corrected chi connectivity index (χ2v) is 8.68. The number of rotatable bonds is 4. The number of nitrogens with one attached hydrogen (secondary N) is 1. The number of aliphatic imine (C=N–C) groups is 1. The molecule has 4 rings (SSSR count). The van der Waals surface area contributed by atoms with Crippen LogP contribution in [-0.4, -0.2) is 92.1 Å². The molecule has 7 nitrogen and oxygen atoms in total. The number of hydrogen-bond acceptors (Lipinski definition) is 5. The predicted molar refractivity (Wildman–Crippen MR) is 127 cm³/mol. The molecule has 29 heavy (non-hydrogen) atoms. The van der Waals surface area contributed by atoms with Crippen molar-refractivity contribution in [3.05, 3.63) is 21.9 Å². The van der Waals surface area contributed by atoms with Gasteiger partial charge in [0.1, 0.15) is 6.10 Å². The zero-order valence-corrected chi connectivity index (χ0v) is 20.3. The molecular formula is C20H32IN5O2S. The highest BCUT2D eigenvalue weighted by Gasteiger charge is 2.30. The number of guanidine groups is 1. The number of carbonyl (C=O) groups is 1. The molecule has 1 aromatic rings. The molecule has 3 aliphatic heterocycles. The van der Waals surface area contributed by atoms with Gasteiger partial charge in [-0.3, -0.25) is 14.7 Å². The molecule has 0 spiro atoms. The van der Waals surface area contributed by atoms with E-state index in [1.165, 1.54) is 12.0 Å². The molecule has 2 fully saturated rings. The number of hydrogen-bond donors (Lipinski definition) is 1. The number of thiophene rings is 1. The molecule has 1 amide bonds. The van der Waals surface area contributed by atoms with Gasteiger partial charge in [-0.1, -0.05) is 0 Å². The molecule has 162 valence electrons. The van der Waals surface area contributed by atoms with Crippen LogP contribution in [0, 0.1) is 0 Å². The molecule has 0 aromatic carbocycles. The number of ether oxygens (including phenoxy) is 1. The lowest BCUT2D eigenvalue weighted by molar-refractivity contribution is -0.142. The Morgan fingerprint density at radius 2 is 2.07 bits per heavy atom. The third-order valence-corrected chi connectivity index (χ3v) is 6.93. The zero-order valence-electron chi connectivity index (χ0n) is 17.1. The van der Waals surface area contributed by atoms with E-state index in [9.17, 15) is 4.79 Å². The van der Waals surface area contributed by atoms with E-state index in [0.29, 0.717) is 0 Å². The molecular weight excluding hydrogens is 501 g/mol. The molecule has 2 saturated heterocycles. The summed E-state index contributed by atoms with van der Waals surface area (Å²) in [5, 5.41) is 5.72. The van der Waals surface area contributed by atoms with Crippen LogP contribution in [-0.2, 0) is 22.5 Å². The molecule has 0 bridgehead atoms. The van der Waals surface area contributed by atoms with Crippen molar-refractivity contribution in [2.45, 2.75) is 31.9 Å². The number of carbonyl (C=O) groups excluding carboxylic acids is 1. The summed E-state index contributed by atoms with van der Waals surface area (Å²) in [5.41, 5.74) is 1.49. The Labute approximate surface area is 194 Å². The Kier molecular flexibility index (Phi) is 8.57. The fourth-order valence-electron chi connectivity index (χ4n) is 4.27. The lowest BCUT2D eigenvalue weighted by atomic mass is 10.1. The summed E-state index contributed by atoms with van der Waals surface area (Å²) in [4.78, 5) is 25.2. The Bertz CT molecular complexity index is 699. The lowest BCUT2D eigenvalue weighted by Crippen LogP contribution is -2.55. The molecule has 0 radical (unpaired) electrons. The Morgan fingerprint density at radius 3 is 2.79 bits per heavy atom. The van der Waals surface area contributed by atoms with Crippen LogP contribution in [0.3, 0.4) is 0 Å². The Balaban J connectivity index is 0.00000240. The summed E-state index contributed by atoms with van der Waals surface area (Å²) in [6.45, 7) is 7.95. The smallest absolute Gasteiger partial charge is 0.251 e. The van der Waals surface area contributed by atoms with Crippen molar-refractivity contribution in [2.75, 3.05) is 59.5 Å². The van der Waals surface area contributed by atoms with E-state index in [2.05, 4.69) is 31.6 Å². The molecule has 1 atom stereocenters. The van der Waals surface area contributed by atoms with Crippen LogP contribution in [0.25, 0.3) is 0 Å². The molecule has 3 aliphatic rings. The Hall–Kier alpha value is -0.910. The quantitative estimate of drug-likeness (QED) is 0.362. The summed E-state index contributed by atoms with van der Waals surface area (Å²) in [6.07, 6.45) is 2.82. The van der Waals surface area contributed by atoms with Crippen molar-refractivity contribution >= 4 is 47.2 Å². The number of piperazine rings is 1. The van der Waals surface area contributed by atoms with Gasteiger partial charge in [0.05, 0.1) is 0 Å². The van der Waals surface area contributed by atoms with Crippen LogP contribution >= 0.6 is 35.3 Å². The monoisotopic (exact) mass is 533 g/mol. The van der Waals surface area contributed by atoms with Crippen LogP contribution in [0.2, 0.25) is 0 Å². The summed E-state index contributed by atoms with van der Waals surface area (Å²) >= 11 is 1.88. The van der Waals surface area contributed by atoms with Gasteiger partial charge in [0.2, 0.25) is 0 Å². The van der Waals surface area contributed by atoms with Crippen molar-refractivity contribution in [1.82, 2.24) is 20.0 Å². The highest BCUT2D eigenvalue weighted by Crippen LogP contribution is 2.23. The molecule has 9 heteroatoms. The van der Waals surface area contributed by atoms with Crippen molar-refractivity contribution in [3.63, 3.8) is 0 Å². The lowest BCUT2D eigenvalue weighted by Gasteiger charge is -2.37. The van der Waals surface area contributed by atoms with Gasteiger partial charge in [0, 0.05) is 70.9 Å². The average Bonchev–Trinajstić information content (AvgIpc) is 3.42. The van der Waals surface area contributed by atoms with Crippen LogP contribution in [0.5, 0.6) is 0 Å². The van der Waals surface area contributed by atoms with Crippen LogP contribution < -0.4 is 5.32 Å². The van der Waals surface area contributed by atoms with Crippen molar-refractivity contribution in [2.24, 2.45) is 4.99 Å². The van der Waals surface area contributed by atoms with E-state index >= 15 is 0 Å². The van der Waals surface area contributed by atoms with Gasteiger partial charge in [-0.25, -0.2) is 0 Å².